The Labute approximate surface area is 138 Å². The standard InChI is InChI=1S/C18H18O6/c1-11-8-17(20)24-16-9-12(6-7-13(11)16)22-10-18(21)23-15-5-3-2-4-14(15)19/h6-9,15H,2-5,10H2,1H3/t15-/m1/s1. The molecule has 1 aliphatic rings. The summed E-state index contributed by atoms with van der Waals surface area (Å²) in [6.07, 6.45) is 2.12. The molecule has 0 unspecified atom stereocenters. The molecule has 24 heavy (non-hydrogen) atoms. The van der Waals surface area contributed by atoms with Gasteiger partial charge < -0.3 is 13.9 Å². The Kier molecular flexibility index (Phi) is 4.64. The van der Waals surface area contributed by atoms with Gasteiger partial charge in [0.1, 0.15) is 11.3 Å². The topological polar surface area (TPSA) is 82.8 Å². The number of Topliss-reactive ketones (excluding diaryl/α,β-unsaturated/α-hetero) is 1. The SMILES string of the molecule is Cc1cc(=O)oc2cc(OCC(=O)O[C@@H]3CCCCC3=O)ccc12. The van der Waals surface area contributed by atoms with Crippen molar-refractivity contribution in [2.75, 3.05) is 6.61 Å². The van der Waals surface area contributed by atoms with E-state index in [2.05, 4.69) is 0 Å². The average Bonchev–Trinajstić information content (AvgIpc) is 2.54. The fourth-order valence-electron chi connectivity index (χ4n) is 2.81. The minimum Gasteiger partial charge on any atom is -0.482 e. The molecule has 6 heteroatoms. The number of rotatable bonds is 4. The molecule has 1 fully saturated rings. The molecule has 3 rings (SSSR count). The third-order valence-corrected chi connectivity index (χ3v) is 4.05. The van der Waals surface area contributed by atoms with E-state index in [9.17, 15) is 14.4 Å². The Morgan fingerprint density at radius 1 is 1.25 bits per heavy atom. The molecular weight excluding hydrogens is 312 g/mol. The fourth-order valence-corrected chi connectivity index (χ4v) is 2.81. The number of aryl methyl sites for hydroxylation is 1. The second kappa shape index (κ2) is 6.86. The van der Waals surface area contributed by atoms with E-state index in [4.69, 9.17) is 13.9 Å². The Morgan fingerprint density at radius 2 is 2.08 bits per heavy atom. The first-order chi connectivity index (χ1) is 11.5. The molecule has 1 atom stereocenters. The largest absolute Gasteiger partial charge is 0.482 e. The summed E-state index contributed by atoms with van der Waals surface area (Å²) in [6, 6.07) is 6.43. The summed E-state index contributed by atoms with van der Waals surface area (Å²) in [5.74, 6) is -0.221. The average molecular weight is 330 g/mol. The van der Waals surface area contributed by atoms with Crippen molar-refractivity contribution in [3.05, 3.63) is 40.2 Å². The lowest BCUT2D eigenvalue weighted by Crippen LogP contribution is -2.31. The van der Waals surface area contributed by atoms with Crippen LogP contribution < -0.4 is 10.4 Å². The van der Waals surface area contributed by atoms with Gasteiger partial charge in [0.15, 0.2) is 18.5 Å². The first kappa shape index (κ1) is 16.2. The Morgan fingerprint density at radius 3 is 2.88 bits per heavy atom. The number of esters is 1. The molecule has 1 saturated carbocycles. The number of ketones is 1. The highest BCUT2D eigenvalue weighted by atomic mass is 16.6. The van der Waals surface area contributed by atoms with Crippen molar-refractivity contribution in [1.29, 1.82) is 0 Å². The van der Waals surface area contributed by atoms with Gasteiger partial charge in [-0.15, -0.1) is 0 Å². The Bertz CT molecular complexity index is 835. The summed E-state index contributed by atoms with van der Waals surface area (Å²) in [4.78, 5) is 34.9. The maximum Gasteiger partial charge on any atom is 0.344 e. The second-order valence-electron chi connectivity index (χ2n) is 5.89. The molecule has 0 saturated heterocycles. The van der Waals surface area contributed by atoms with E-state index in [-0.39, 0.29) is 12.4 Å². The van der Waals surface area contributed by atoms with Crippen molar-refractivity contribution in [3.63, 3.8) is 0 Å². The number of hydrogen-bond donors (Lipinski definition) is 0. The van der Waals surface area contributed by atoms with Crippen molar-refractivity contribution in [1.82, 2.24) is 0 Å². The highest BCUT2D eigenvalue weighted by molar-refractivity contribution is 5.86. The predicted molar refractivity (Wildman–Crippen MR) is 86.1 cm³/mol. The quantitative estimate of drug-likeness (QED) is 0.633. The lowest BCUT2D eigenvalue weighted by atomic mass is 9.96. The van der Waals surface area contributed by atoms with Crippen LogP contribution in [-0.2, 0) is 14.3 Å². The van der Waals surface area contributed by atoms with Crippen LogP contribution in [0.3, 0.4) is 0 Å². The number of carbonyl (C=O) groups is 2. The molecule has 126 valence electrons. The first-order valence-corrected chi connectivity index (χ1v) is 7.92. The van der Waals surface area contributed by atoms with Crippen LogP contribution in [0.5, 0.6) is 5.75 Å². The van der Waals surface area contributed by atoms with Crippen molar-refractivity contribution < 1.29 is 23.5 Å². The van der Waals surface area contributed by atoms with E-state index in [1.807, 2.05) is 6.92 Å². The lowest BCUT2D eigenvalue weighted by Gasteiger charge is -2.20. The molecular formula is C18H18O6. The number of benzene rings is 1. The minimum absolute atomic E-state index is 0.0300. The zero-order valence-electron chi connectivity index (χ0n) is 13.4. The van der Waals surface area contributed by atoms with Crippen LogP contribution in [0.4, 0.5) is 0 Å². The lowest BCUT2D eigenvalue weighted by molar-refractivity contribution is -0.158. The fraction of sp³-hybridized carbons (Fsp3) is 0.389. The molecule has 0 amide bonds. The molecule has 0 spiro atoms. The zero-order chi connectivity index (χ0) is 17.1. The van der Waals surface area contributed by atoms with E-state index >= 15 is 0 Å². The smallest absolute Gasteiger partial charge is 0.344 e. The molecule has 1 aromatic carbocycles. The Balaban J connectivity index is 1.63. The third-order valence-electron chi connectivity index (χ3n) is 4.05. The summed E-state index contributed by atoms with van der Waals surface area (Å²) in [6.45, 7) is 1.52. The highest BCUT2D eigenvalue weighted by Crippen LogP contribution is 2.22. The zero-order valence-corrected chi connectivity index (χ0v) is 13.4. The van der Waals surface area contributed by atoms with Gasteiger partial charge in [-0.25, -0.2) is 9.59 Å². The van der Waals surface area contributed by atoms with E-state index in [1.54, 1.807) is 18.2 Å². The minimum atomic E-state index is -0.646. The normalized spacial score (nSPS) is 17.7. The molecule has 2 aromatic rings. The molecule has 6 nitrogen and oxygen atoms in total. The van der Waals surface area contributed by atoms with Gasteiger partial charge >= 0.3 is 11.6 Å². The van der Waals surface area contributed by atoms with E-state index < -0.39 is 17.7 Å². The van der Waals surface area contributed by atoms with Crippen LogP contribution in [0.15, 0.2) is 33.5 Å². The van der Waals surface area contributed by atoms with Gasteiger partial charge in [0.05, 0.1) is 0 Å². The van der Waals surface area contributed by atoms with Crippen LogP contribution >= 0.6 is 0 Å². The summed E-state index contributed by atoms with van der Waals surface area (Å²) in [5, 5.41) is 0.803. The highest BCUT2D eigenvalue weighted by Gasteiger charge is 2.25. The molecule has 1 heterocycles. The monoisotopic (exact) mass is 330 g/mol. The second-order valence-corrected chi connectivity index (χ2v) is 5.89. The summed E-state index contributed by atoms with van der Waals surface area (Å²) in [7, 11) is 0. The van der Waals surface area contributed by atoms with Gasteiger partial charge in [0, 0.05) is 23.9 Å². The van der Waals surface area contributed by atoms with Crippen molar-refractivity contribution >= 4 is 22.7 Å². The Hall–Kier alpha value is -2.63. The van der Waals surface area contributed by atoms with Crippen LogP contribution in [0, 0.1) is 6.92 Å². The summed E-state index contributed by atoms with van der Waals surface area (Å²) in [5.41, 5.74) is 0.767. The number of ether oxygens (including phenoxy) is 2. The molecule has 1 aliphatic carbocycles. The number of carbonyl (C=O) groups excluding carboxylic acids is 2. The van der Waals surface area contributed by atoms with Crippen molar-refractivity contribution in [3.8, 4) is 5.75 Å². The van der Waals surface area contributed by atoms with Crippen LogP contribution in [-0.4, -0.2) is 24.5 Å². The maximum absolute atomic E-state index is 11.8. The molecule has 0 aliphatic heterocycles. The molecule has 0 radical (unpaired) electrons. The van der Waals surface area contributed by atoms with E-state index in [0.717, 1.165) is 23.8 Å². The molecule has 0 N–H and O–H groups in total. The predicted octanol–water partition coefficient (Wildman–Crippen LogP) is 2.54. The van der Waals surface area contributed by atoms with Gasteiger partial charge in [0.25, 0.3) is 0 Å². The third kappa shape index (κ3) is 3.64. The van der Waals surface area contributed by atoms with Gasteiger partial charge in [-0.1, -0.05) is 0 Å². The van der Waals surface area contributed by atoms with Crippen molar-refractivity contribution in [2.24, 2.45) is 0 Å². The summed E-state index contributed by atoms with van der Waals surface area (Å²) < 4.78 is 15.7. The van der Waals surface area contributed by atoms with Crippen LogP contribution in [0.2, 0.25) is 0 Å². The number of hydrogen-bond acceptors (Lipinski definition) is 6. The molecule has 0 bridgehead atoms. The van der Waals surface area contributed by atoms with Crippen molar-refractivity contribution in [2.45, 2.75) is 38.7 Å². The molecule has 1 aromatic heterocycles. The van der Waals surface area contributed by atoms with E-state index in [1.165, 1.54) is 6.07 Å². The van der Waals surface area contributed by atoms with Crippen LogP contribution in [0.1, 0.15) is 31.2 Å². The number of fused-ring (bicyclic) bond motifs is 1. The van der Waals surface area contributed by atoms with Gasteiger partial charge in [-0.05, 0) is 43.9 Å². The van der Waals surface area contributed by atoms with Gasteiger partial charge in [0.2, 0.25) is 0 Å². The summed E-state index contributed by atoms with van der Waals surface area (Å²) >= 11 is 0. The van der Waals surface area contributed by atoms with Gasteiger partial charge in [-0.2, -0.15) is 0 Å². The first-order valence-electron chi connectivity index (χ1n) is 7.92. The maximum atomic E-state index is 11.8. The van der Waals surface area contributed by atoms with Crippen LogP contribution in [0.25, 0.3) is 11.0 Å². The van der Waals surface area contributed by atoms with Gasteiger partial charge in [-0.3, -0.25) is 4.79 Å². The van der Waals surface area contributed by atoms with E-state index in [0.29, 0.717) is 24.2 Å².